The molecular formula is C54H107N2+. The molecular weight excluding hydrogens is 677 g/mol. The first kappa shape index (κ1) is 53.2. The quantitative estimate of drug-likeness (QED) is 0.0460. The number of aromatic nitrogens is 2. The van der Waals surface area contributed by atoms with Crippen molar-refractivity contribution in [1.29, 1.82) is 0 Å². The van der Waals surface area contributed by atoms with Crippen molar-refractivity contribution in [2.45, 2.75) is 329 Å². The summed E-state index contributed by atoms with van der Waals surface area (Å²) in [5.74, 6) is 1.63. The van der Waals surface area contributed by atoms with Crippen molar-refractivity contribution in [3.63, 3.8) is 0 Å². The number of imidazole rings is 1. The highest BCUT2D eigenvalue weighted by molar-refractivity contribution is 4.84. The van der Waals surface area contributed by atoms with Gasteiger partial charge in [0.1, 0.15) is 12.4 Å². The molecule has 1 heterocycles. The summed E-state index contributed by atoms with van der Waals surface area (Å²) in [5, 5.41) is 0. The van der Waals surface area contributed by atoms with E-state index in [0.717, 1.165) is 0 Å². The third-order valence-electron chi connectivity index (χ3n) is 13.1. The molecule has 0 radical (unpaired) electrons. The molecule has 0 aliphatic rings. The fourth-order valence-corrected chi connectivity index (χ4v) is 9.15. The van der Waals surface area contributed by atoms with Gasteiger partial charge < -0.3 is 0 Å². The standard InChI is InChI=1S/C54H107N2/c1-4-7-10-13-16-19-22-25-27-28-29-31-34-37-40-43-46-49-54-55(50-47-44-41-38-35-32-24-21-18-15-12-9-6-3)52-53-56(54)51-48-45-42-39-36-33-30-26-23-20-17-14-11-8-5-2/h52-53H,4-51H2,1-3H3/q+1. The van der Waals surface area contributed by atoms with Crippen molar-refractivity contribution in [2.24, 2.45) is 0 Å². The largest absolute Gasteiger partial charge is 0.256 e. The van der Waals surface area contributed by atoms with E-state index in [2.05, 4.69) is 42.3 Å². The molecule has 2 heteroatoms. The van der Waals surface area contributed by atoms with Crippen LogP contribution in [-0.4, -0.2) is 4.57 Å². The van der Waals surface area contributed by atoms with Gasteiger partial charge in [0, 0.05) is 6.42 Å². The van der Waals surface area contributed by atoms with Crippen molar-refractivity contribution in [1.82, 2.24) is 4.57 Å². The number of aryl methyl sites for hydroxylation is 2. The molecule has 2 nitrogen and oxygen atoms in total. The second kappa shape index (κ2) is 45.3. The van der Waals surface area contributed by atoms with Gasteiger partial charge in [-0.3, -0.25) is 0 Å². The monoisotopic (exact) mass is 784 g/mol. The Morgan fingerprint density at radius 3 is 0.857 bits per heavy atom. The summed E-state index contributed by atoms with van der Waals surface area (Å²) in [5.41, 5.74) is 0. The molecule has 0 aliphatic carbocycles. The average Bonchev–Trinajstić information content (AvgIpc) is 3.59. The third-order valence-corrected chi connectivity index (χ3v) is 13.1. The fraction of sp³-hybridized carbons (Fsp3) is 0.944. The van der Waals surface area contributed by atoms with Gasteiger partial charge in [-0.15, -0.1) is 0 Å². The minimum absolute atomic E-state index is 1.23. The Labute approximate surface area is 355 Å². The van der Waals surface area contributed by atoms with Crippen molar-refractivity contribution in [2.75, 3.05) is 0 Å². The highest BCUT2D eigenvalue weighted by atomic mass is 15.1. The normalized spacial score (nSPS) is 11.7. The summed E-state index contributed by atoms with van der Waals surface area (Å²) >= 11 is 0. The average molecular weight is 784 g/mol. The van der Waals surface area contributed by atoms with E-state index in [9.17, 15) is 0 Å². The van der Waals surface area contributed by atoms with Crippen LogP contribution in [0.1, 0.15) is 316 Å². The highest BCUT2D eigenvalue weighted by Crippen LogP contribution is 2.17. The Morgan fingerprint density at radius 1 is 0.304 bits per heavy atom. The van der Waals surface area contributed by atoms with Crippen LogP contribution in [0.4, 0.5) is 0 Å². The molecule has 0 aliphatic heterocycles. The highest BCUT2D eigenvalue weighted by Gasteiger charge is 2.16. The molecule has 1 rings (SSSR count). The lowest BCUT2D eigenvalue weighted by molar-refractivity contribution is -0.704. The molecule has 0 atom stereocenters. The minimum Gasteiger partial charge on any atom is -0.234 e. The molecule has 0 spiro atoms. The Balaban J connectivity index is 2.24. The smallest absolute Gasteiger partial charge is 0.234 e. The van der Waals surface area contributed by atoms with E-state index in [-0.39, 0.29) is 0 Å². The van der Waals surface area contributed by atoms with Gasteiger partial charge in [0.2, 0.25) is 0 Å². The first-order chi connectivity index (χ1) is 27.8. The molecule has 0 N–H and O–H groups in total. The predicted molar refractivity (Wildman–Crippen MR) is 253 cm³/mol. The van der Waals surface area contributed by atoms with Gasteiger partial charge in [-0.25, -0.2) is 9.13 Å². The van der Waals surface area contributed by atoms with Gasteiger partial charge in [0.25, 0.3) is 5.82 Å². The number of hydrogen-bond acceptors (Lipinski definition) is 0. The van der Waals surface area contributed by atoms with E-state index in [0.29, 0.717) is 0 Å². The molecule has 0 bridgehead atoms. The molecule has 0 saturated heterocycles. The lowest BCUT2D eigenvalue weighted by atomic mass is 10.0. The SMILES string of the molecule is CCCCCCCCCCCCCCCCCCCc1n(CCCCCCCCCCCCCCCCC)cc[n+]1CCCCCCCCCCCCCCC. The van der Waals surface area contributed by atoms with Crippen LogP contribution in [0.25, 0.3) is 0 Å². The zero-order valence-electron chi connectivity index (χ0n) is 39.5. The fourth-order valence-electron chi connectivity index (χ4n) is 9.15. The van der Waals surface area contributed by atoms with E-state index in [1.54, 1.807) is 5.82 Å². The van der Waals surface area contributed by atoms with Crippen molar-refractivity contribution in [3.05, 3.63) is 18.2 Å². The maximum Gasteiger partial charge on any atom is 0.256 e. The van der Waals surface area contributed by atoms with Gasteiger partial charge in [-0.05, 0) is 32.1 Å². The Kier molecular flexibility index (Phi) is 43.1. The summed E-state index contributed by atoms with van der Waals surface area (Å²) in [6, 6.07) is 0. The molecule has 332 valence electrons. The number of nitrogens with zero attached hydrogens (tertiary/aromatic N) is 2. The summed E-state index contributed by atoms with van der Waals surface area (Å²) in [7, 11) is 0. The van der Waals surface area contributed by atoms with E-state index in [1.807, 2.05) is 0 Å². The van der Waals surface area contributed by atoms with Crippen LogP contribution in [0.5, 0.6) is 0 Å². The lowest BCUT2D eigenvalue weighted by Crippen LogP contribution is -2.37. The minimum atomic E-state index is 1.23. The summed E-state index contributed by atoms with van der Waals surface area (Å²) in [6.07, 6.45) is 71.3. The third kappa shape index (κ3) is 36.3. The van der Waals surface area contributed by atoms with Crippen LogP contribution < -0.4 is 4.57 Å². The maximum atomic E-state index is 2.66. The van der Waals surface area contributed by atoms with Gasteiger partial charge in [0.15, 0.2) is 0 Å². The number of unbranched alkanes of at least 4 members (excludes halogenated alkanes) is 42. The summed E-state index contributed by atoms with van der Waals surface area (Å²) < 4.78 is 5.33. The first-order valence-electron chi connectivity index (χ1n) is 26.9. The Hall–Kier alpha value is -0.790. The molecule has 56 heavy (non-hydrogen) atoms. The van der Waals surface area contributed by atoms with E-state index >= 15 is 0 Å². The van der Waals surface area contributed by atoms with Crippen LogP contribution in [-0.2, 0) is 19.5 Å². The van der Waals surface area contributed by atoms with Crippen molar-refractivity contribution < 1.29 is 4.57 Å². The van der Waals surface area contributed by atoms with Crippen molar-refractivity contribution >= 4 is 0 Å². The van der Waals surface area contributed by atoms with Crippen LogP contribution in [0.2, 0.25) is 0 Å². The predicted octanol–water partition coefficient (Wildman–Crippen LogP) is 18.9. The van der Waals surface area contributed by atoms with Gasteiger partial charge in [-0.1, -0.05) is 278 Å². The molecule has 0 unspecified atom stereocenters. The van der Waals surface area contributed by atoms with E-state index < -0.39 is 0 Å². The molecule has 0 aromatic carbocycles. The van der Waals surface area contributed by atoms with E-state index in [1.165, 1.54) is 308 Å². The zero-order chi connectivity index (χ0) is 40.1. The van der Waals surface area contributed by atoms with E-state index in [4.69, 9.17) is 0 Å². The van der Waals surface area contributed by atoms with Crippen LogP contribution >= 0.6 is 0 Å². The topological polar surface area (TPSA) is 8.81 Å². The molecule has 1 aromatic rings. The summed E-state index contributed by atoms with van der Waals surface area (Å²) in [4.78, 5) is 0. The molecule has 0 fully saturated rings. The second-order valence-electron chi connectivity index (χ2n) is 18.7. The lowest BCUT2D eigenvalue weighted by Gasteiger charge is -2.07. The maximum absolute atomic E-state index is 2.66. The van der Waals surface area contributed by atoms with Crippen LogP contribution in [0, 0.1) is 0 Å². The molecule has 1 aromatic heterocycles. The summed E-state index contributed by atoms with van der Waals surface area (Å²) in [6.45, 7) is 9.42. The first-order valence-corrected chi connectivity index (χ1v) is 26.9. The zero-order valence-corrected chi connectivity index (χ0v) is 39.5. The molecule has 0 amide bonds. The van der Waals surface area contributed by atoms with Crippen LogP contribution in [0.3, 0.4) is 0 Å². The molecule has 0 saturated carbocycles. The number of rotatable bonds is 48. The van der Waals surface area contributed by atoms with Crippen LogP contribution in [0.15, 0.2) is 12.4 Å². The Morgan fingerprint density at radius 2 is 0.554 bits per heavy atom. The second-order valence-corrected chi connectivity index (χ2v) is 18.7. The van der Waals surface area contributed by atoms with Gasteiger partial charge in [-0.2, -0.15) is 0 Å². The number of hydrogen-bond donors (Lipinski definition) is 0. The van der Waals surface area contributed by atoms with Gasteiger partial charge >= 0.3 is 0 Å². The van der Waals surface area contributed by atoms with Crippen molar-refractivity contribution in [3.8, 4) is 0 Å². The Bertz CT molecular complexity index is 857. The van der Waals surface area contributed by atoms with Gasteiger partial charge in [0.05, 0.1) is 13.1 Å².